The second kappa shape index (κ2) is 7.84. The maximum Gasteiger partial charge on any atom is 0.255 e. The summed E-state index contributed by atoms with van der Waals surface area (Å²) in [5.74, 6) is -0.209. The smallest absolute Gasteiger partial charge is 0.255 e. The summed E-state index contributed by atoms with van der Waals surface area (Å²) in [5.41, 5.74) is 3.54. The van der Waals surface area contributed by atoms with Gasteiger partial charge in [-0.3, -0.25) is 14.8 Å². The van der Waals surface area contributed by atoms with Gasteiger partial charge >= 0.3 is 0 Å². The van der Waals surface area contributed by atoms with E-state index in [1.165, 1.54) is 0 Å². The van der Waals surface area contributed by atoms with E-state index in [0.29, 0.717) is 11.3 Å². The first-order valence-electron chi connectivity index (χ1n) is 8.99. The molecule has 1 amide bonds. The van der Waals surface area contributed by atoms with Gasteiger partial charge in [0.15, 0.2) is 0 Å². The van der Waals surface area contributed by atoms with Gasteiger partial charge in [-0.2, -0.15) is 5.10 Å². The molecule has 28 heavy (non-hydrogen) atoms. The Kier molecular flexibility index (Phi) is 4.93. The minimum atomic E-state index is -0.226. The lowest BCUT2D eigenvalue weighted by Gasteiger charge is -2.13. The number of hydrogen-bond donors (Lipinski definition) is 1. The summed E-state index contributed by atoms with van der Waals surface area (Å²) in [7, 11) is 0. The summed E-state index contributed by atoms with van der Waals surface area (Å²) in [6.45, 7) is 1.91. The van der Waals surface area contributed by atoms with Gasteiger partial charge in [-0.1, -0.05) is 24.3 Å². The van der Waals surface area contributed by atoms with Crippen LogP contribution in [-0.2, 0) is 0 Å². The Morgan fingerprint density at radius 3 is 2.54 bits per heavy atom. The Labute approximate surface area is 162 Å². The van der Waals surface area contributed by atoms with E-state index >= 15 is 0 Å². The van der Waals surface area contributed by atoms with Crippen molar-refractivity contribution in [3.63, 3.8) is 0 Å². The molecule has 0 aliphatic heterocycles. The SMILES string of the molecule is CC(NC(=O)c1cn(-c2ccccc2)nc1-c1cccnc1)c1ccccn1. The number of para-hydroxylation sites is 1. The second-order valence-corrected chi connectivity index (χ2v) is 6.36. The fourth-order valence-electron chi connectivity index (χ4n) is 2.95. The first kappa shape index (κ1) is 17.6. The Morgan fingerprint density at radius 1 is 1.00 bits per heavy atom. The molecule has 0 radical (unpaired) electrons. The van der Waals surface area contributed by atoms with Gasteiger partial charge in [-0.25, -0.2) is 4.68 Å². The number of pyridine rings is 2. The van der Waals surface area contributed by atoms with Gasteiger partial charge in [0, 0.05) is 30.4 Å². The monoisotopic (exact) mass is 369 g/mol. The fraction of sp³-hybridized carbons (Fsp3) is 0.0909. The van der Waals surface area contributed by atoms with Crippen molar-refractivity contribution in [1.29, 1.82) is 0 Å². The number of carbonyl (C=O) groups excluding carboxylic acids is 1. The maximum atomic E-state index is 13.1. The Hall–Kier alpha value is -3.80. The van der Waals surface area contributed by atoms with Crippen molar-refractivity contribution in [2.24, 2.45) is 0 Å². The number of rotatable bonds is 5. The Bertz CT molecular complexity index is 1060. The molecule has 1 aromatic carbocycles. The summed E-state index contributed by atoms with van der Waals surface area (Å²) in [6, 6.07) is 18.8. The van der Waals surface area contributed by atoms with Crippen LogP contribution in [-0.4, -0.2) is 25.7 Å². The molecule has 1 N–H and O–H groups in total. The van der Waals surface area contributed by atoms with E-state index < -0.39 is 0 Å². The number of benzene rings is 1. The Morgan fingerprint density at radius 2 is 1.82 bits per heavy atom. The average molecular weight is 369 g/mol. The molecule has 138 valence electrons. The summed E-state index contributed by atoms with van der Waals surface area (Å²) in [5, 5.41) is 7.66. The van der Waals surface area contributed by atoms with E-state index in [0.717, 1.165) is 16.9 Å². The molecule has 4 aromatic rings. The molecule has 0 bridgehead atoms. The number of hydrogen-bond acceptors (Lipinski definition) is 4. The molecule has 1 unspecified atom stereocenters. The first-order chi connectivity index (χ1) is 13.7. The zero-order valence-electron chi connectivity index (χ0n) is 15.4. The molecule has 0 spiro atoms. The van der Waals surface area contributed by atoms with Crippen LogP contribution in [0.4, 0.5) is 0 Å². The second-order valence-electron chi connectivity index (χ2n) is 6.36. The zero-order valence-corrected chi connectivity index (χ0v) is 15.4. The molecular weight excluding hydrogens is 350 g/mol. The van der Waals surface area contributed by atoms with Crippen LogP contribution in [0.5, 0.6) is 0 Å². The number of nitrogens with one attached hydrogen (secondary N) is 1. The summed E-state index contributed by atoms with van der Waals surface area (Å²) in [6.07, 6.45) is 6.86. The van der Waals surface area contributed by atoms with Crippen LogP contribution in [0.15, 0.2) is 85.5 Å². The fourth-order valence-corrected chi connectivity index (χ4v) is 2.95. The highest BCUT2D eigenvalue weighted by molar-refractivity contribution is 6.00. The Balaban J connectivity index is 1.70. The molecule has 6 heteroatoms. The lowest BCUT2D eigenvalue weighted by atomic mass is 10.1. The third kappa shape index (κ3) is 3.66. The topological polar surface area (TPSA) is 72.7 Å². The van der Waals surface area contributed by atoms with Crippen molar-refractivity contribution in [1.82, 2.24) is 25.1 Å². The van der Waals surface area contributed by atoms with E-state index in [1.807, 2.05) is 67.6 Å². The van der Waals surface area contributed by atoms with E-state index in [9.17, 15) is 4.79 Å². The molecule has 0 aliphatic carbocycles. The molecule has 3 heterocycles. The first-order valence-corrected chi connectivity index (χ1v) is 8.99. The van der Waals surface area contributed by atoms with Crippen LogP contribution >= 0.6 is 0 Å². The standard InChI is InChI=1S/C22H19N5O/c1-16(20-11-5-6-13-24-20)25-22(28)19-15-27(18-9-3-2-4-10-18)26-21(19)17-8-7-12-23-14-17/h2-16H,1H3,(H,25,28). The molecule has 0 fully saturated rings. The van der Waals surface area contributed by atoms with Crippen molar-refractivity contribution >= 4 is 5.91 Å². The minimum Gasteiger partial charge on any atom is -0.344 e. The van der Waals surface area contributed by atoms with Gasteiger partial charge in [0.1, 0.15) is 5.69 Å². The van der Waals surface area contributed by atoms with Crippen LogP contribution in [0, 0.1) is 0 Å². The number of carbonyl (C=O) groups is 1. The van der Waals surface area contributed by atoms with Gasteiger partial charge in [-0.15, -0.1) is 0 Å². The van der Waals surface area contributed by atoms with Crippen LogP contribution in [0.2, 0.25) is 0 Å². The summed E-state index contributed by atoms with van der Waals surface area (Å²) < 4.78 is 1.71. The van der Waals surface area contributed by atoms with Crippen molar-refractivity contribution in [3.05, 3.63) is 96.7 Å². The summed E-state index contributed by atoms with van der Waals surface area (Å²) in [4.78, 5) is 21.5. The molecule has 0 saturated carbocycles. The molecule has 6 nitrogen and oxygen atoms in total. The number of aromatic nitrogens is 4. The highest BCUT2D eigenvalue weighted by Crippen LogP contribution is 2.24. The van der Waals surface area contributed by atoms with E-state index in [-0.39, 0.29) is 11.9 Å². The highest BCUT2D eigenvalue weighted by Gasteiger charge is 2.21. The van der Waals surface area contributed by atoms with E-state index in [1.54, 1.807) is 29.5 Å². The summed E-state index contributed by atoms with van der Waals surface area (Å²) >= 11 is 0. The van der Waals surface area contributed by atoms with Crippen LogP contribution < -0.4 is 5.32 Å². The van der Waals surface area contributed by atoms with Gasteiger partial charge in [0.05, 0.1) is 23.0 Å². The quantitative estimate of drug-likeness (QED) is 0.580. The minimum absolute atomic E-state index is 0.209. The number of nitrogens with zero attached hydrogens (tertiary/aromatic N) is 4. The van der Waals surface area contributed by atoms with Gasteiger partial charge < -0.3 is 5.32 Å². The molecule has 1 atom stereocenters. The molecule has 4 rings (SSSR count). The van der Waals surface area contributed by atoms with Gasteiger partial charge in [-0.05, 0) is 43.3 Å². The molecule has 3 aromatic heterocycles. The molecule has 0 saturated heterocycles. The van der Waals surface area contributed by atoms with Crippen molar-refractivity contribution in [2.75, 3.05) is 0 Å². The maximum absolute atomic E-state index is 13.1. The van der Waals surface area contributed by atoms with Crippen molar-refractivity contribution in [3.8, 4) is 16.9 Å². The van der Waals surface area contributed by atoms with Crippen LogP contribution in [0.3, 0.4) is 0 Å². The predicted molar refractivity (Wildman–Crippen MR) is 107 cm³/mol. The average Bonchev–Trinajstić information content (AvgIpc) is 3.21. The van der Waals surface area contributed by atoms with Crippen molar-refractivity contribution < 1.29 is 4.79 Å². The normalized spacial score (nSPS) is 11.8. The van der Waals surface area contributed by atoms with E-state index in [4.69, 9.17) is 0 Å². The lowest BCUT2D eigenvalue weighted by Crippen LogP contribution is -2.27. The van der Waals surface area contributed by atoms with Gasteiger partial charge in [0.25, 0.3) is 5.91 Å². The lowest BCUT2D eigenvalue weighted by molar-refractivity contribution is 0.0939. The highest BCUT2D eigenvalue weighted by atomic mass is 16.1. The van der Waals surface area contributed by atoms with Crippen LogP contribution in [0.25, 0.3) is 16.9 Å². The third-order valence-electron chi connectivity index (χ3n) is 4.39. The van der Waals surface area contributed by atoms with Crippen LogP contribution in [0.1, 0.15) is 29.0 Å². The third-order valence-corrected chi connectivity index (χ3v) is 4.39. The zero-order chi connectivity index (χ0) is 19.3. The number of amides is 1. The van der Waals surface area contributed by atoms with Gasteiger partial charge in [0.2, 0.25) is 0 Å². The van der Waals surface area contributed by atoms with E-state index in [2.05, 4.69) is 20.4 Å². The van der Waals surface area contributed by atoms with Crippen molar-refractivity contribution in [2.45, 2.75) is 13.0 Å². The molecule has 0 aliphatic rings. The predicted octanol–water partition coefficient (Wildman–Crippen LogP) is 3.82. The molecular formula is C22H19N5O. The largest absolute Gasteiger partial charge is 0.344 e.